The van der Waals surface area contributed by atoms with Crippen molar-refractivity contribution in [3.8, 4) is 6.07 Å². The van der Waals surface area contributed by atoms with E-state index in [0.29, 0.717) is 6.20 Å². The van der Waals surface area contributed by atoms with Gasteiger partial charge in [0, 0.05) is 16.9 Å². The highest BCUT2D eigenvalue weighted by atomic mass is 127. The number of hydrogen-bond donors (Lipinski definition) is 0. The first-order valence-electron chi connectivity index (χ1n) is 3.60. The Hall–Kier alpha value is -0.530. The Balaban J connectivity index is 3.62. The summed E-state index contributed by atoms with van der Waals surface area (Å²) < 4.78 is 46.7. The number of nitriles is 1. The van der Waals surface area contributed by atoms with Crippen LogP contribution >= 0.6 is 33.3 Å². The molecular weight excluding hydrogens is 377 g/mol. The molecule has 0 aliphatic heterocycles. The predicted octanol–water partition coefficient (Wildman–Crippen LogP) is 2.42. The highest BCUT2D eigenvalue weighted by molar-refractivity contribution is 14.1. The Labute approximate surface area is 108 Å². The lowest BCUT2D eigenvalue weighted by Crippen LogP contribution is -2.04. The summed E-state index contributed by atoms with van der Waals surface area (Å²) in [5.41, 5.74) is -1.05. The molecule has 1 heterocycles. The normalized spacial score (nSPS) is 11.5. The van der Waals surface area contributed by atoms with Crippen molar-refractivity contribution < 1.29 is 17.2 Å². The summed E-state index contributed by atoms with van der Waals surface area (Å²) >= 11 is 1.43. The Morgan fingerprint density at radius 2 is 2.12 bits per heavy atom. The van der Waals surface area contributed by atoms with Gasteiger partial charge >= 0.3 is 0 Å². The number of nitrogens with zero attached hydrogens (tertiary/aromatic N) is 2. The van der Waals surface area contributed by atoms with Crippen molar-refractivity contribution in [2.24, 2.45) is 0 Å². The average molecular weight is 379 g/mol. The third-order valence-electron chi connectivity index (χ3n) is 1.59. The van der Waals surface area contributed by atoms with Gasteiger partial charge < -0.3 is 0 Å². The van der Waals surface area contributed by atoms with E-state index in [1.165, 1.54) is 28.7 Å². The van der Waals surface area contributed by atoms with Crippen LogP contribution in [0.5, 0.6) is 0 Å². The van der Waals surface area contributed by atoms with E-state index in [9.17, 15) is 17.2 Å². The van der Waals surface area contributed by atoms with Crippen LogP contribution in [0.3, 0.4) is 0 Å². The van der Waals surface area contributed by atoms with Gasteiger partial charge in [-0.25, -0.2) is 17.2 Å². The largest absolute Gasteiger partial charge is 0.281 e. The molecule has 0 N–H and O–H groups in total. The molecule has 1 aromatic rings. The summed E-state index contributed by atoms with van der Waals surface area (Å²) in [5, 5.41) is 8.72. The van der Waals surface area contributed by atoms with Gasteiger partial charge in [0.05, 0.1) is 9.13 Å². The van der Waals surface area contributed by atoms with Crippen molar-refractivity contribution in [1.29, 1.82) is 5.26 Å². The van der Waals surface area contributed by atoms with Crippen LogP contribution in [0.15, 0.2) is 11.1 Å². The van der Waals surface area contributed by atoms with E-state index in [0.717, 1.165) is 0 Å². The van der Waals surface area contributed by atoms with Crippen LogP contribution in [0.4, 0.5) is 8.78 Å². The number of hydrogen-bond acceptors (Lipinski definition) is 4. The molecule has 1 aromatic heterocycles. The number of alkyl halides is 2. The first-order valence-corrected chi connectivity index (χ1v) is 6.99. The highest BCUT2D eigenvalue weighted by Gasteiger charge is 2.24. The van der Waals surface area contributed by atoms with Gasteiger partial charge in [0.25, 0.3) is 15.5 Å². The third-order valence-corrected chi connectivity index (χ3v) is 4.02. The van der Waals surface area contributed by atoms with Crippen LogP contribution in [0, 0.1) is 14.9 Å². The summed E-state index contributed by atoms with van der Waals surface area (Å²) in [4.78, 5) is 2.72. The van der Waals surface area contributed by atoms with Gasteiger partial charge in [0.1, 0.15) is 16.7 Å². The fourth-order valence-electron chi connectivity index (χ4n) is 0.927. The quantitative estimate of drug-likeness (QED) is 0.585. The maximum absolute atomic E-state index is 12.4. The Bertz CT molecular complexity index is 570. The molecule has 1 rings (SSSR count). The van der Waals surface area contributed by atoms with Gasteiger partial charge in [-0.3, -0.25) is 4.98 Å². The second kappa shape index (κ2) is 4.77. The maximum Gasteiger partial charge on any atom is 0.281 e. The smallest absolute Gasteiger partial charge is 0.253 e. The molecule has 0 aliphatic carbocycles. The number of rotatable bonds is 2. The van der Waals surface area contributed by atoms with Crippen LogP contribution in [0.1, 0.15) is 17.7 Å². The average Bonchev–Trinajstić information content (AvgIpc) is 2.15. The molecule has 0 radical (unpaired) electrons. The van der Waals surface area contributed by atoms with Gasteiger partial charge in [0.2, 0.25) is 0 Å². The van der Waals surface area contributed by atoms with E-state index in [4.69, 9.17) is 15.9 Å². The molecule has 0 aliphatic rings. The third kappa shape index (κ3) is 2.58. The fraction of sp³-hybridized carbons (Fsp3) is 0.143. The van der Waals surface area contributed by atoms with E-state index in [1.54, 1.807) is 0 Å². The zero-order valence-corrected chi connectivity index (χ0v) is 11.0. The summed E-state index contributed by atoms with van der Waals surface area (Å²) in [6, 6.07) is 1.52. The minimum Gasteiger partial charge on any atom is -0.253 e. The van der Waals surface area contributed by atoms with E-state index >= 15 is 0 Å². The molecule has 0 spiro atoms. The number of aromatic nitrogens is 1. The molecule has 0 saturated heterocycles. The SMILES string of the molecule is N#Cc1c(S(=O)(=O)Cl)cnc(C(F)F)c1I. The van der Waals surface area contributed by atoms with Crippen molar-refractivity contribution in [2.75, 3.05) is 0 Å². The predicted molar refractivity (Wildman–Crippen MR) is 59.7 cm³/mol. The number of pyridine rings is 1. The molecule has 0 unspecified atom stereocenters. The monoisotopic (exact) mass is 378 g/mol. The Morgan fingerprint density at radius 3 is 2.50 bits per heavy atom. The van der Waals surface area contributed by atoms with E-state index < -0.39 is 31.6 Å². The van der Waals surface area contributed by atoms with Gasteiger partial charge in [-0.15, -0.1) is 0 Å². The van der Waals surface area contributed by atoms with Gasteiger partial charge in [-0.05, 0) is 22.6 Å². The lowest BCUT2D eigenvalue weighted by atomic mass is 10.2. The molecule has 4 nitrogen and oxygen atoms in total. The molecular formula is C7H2ClF2IN2O2S. The lowest BCUT2D eigenvalue weighted by molar-refractivity contribution is 0.145. The molecule has 0 fully saturated rings. The van der Waals surface area contributed by atoms with Crippen LogP contribution in [-0.2, 0) is 9.05 Å². The summed E-state index contributed by atoms with van der Waals surface area (Å²) in [5.74, 6) is 0. The molecule has 86 valence electrons. The molecule has 0 amide bonds. The van der Waals surface area contributed by atoms with Crippen molar-refractivity contribution in [2.45, 2.75) is 11.3 Å². The summed E-state index contributed by atoms with van der Waals surface area (Å²) in [6.45, 7) is 0. The summed E-state index contributed by atoms with van der Waals surface area (Å²) in [7, 11) is 0.864. The molecule has 9 heteroatoms. The highest BCUT2D eigenvalue weighted by Crippen LogP contribution is 2.29. The fourth-order valence-corrected chi connectivity index (χ4v) is 2.82. The second-order valence-corrected chi connectivity index (χ2v) is 6.16. The first-order chi connectivity index (χ1) is 7.29. The van der Waals surface area contributed by atoms with Crippen molar-refractivity contribution in [3.05, 3.63) is 21.0 Å². The second-order valence-electron chi connectivity index (χ2n) is 2.55. The van der Waals surface area contributed by atoms with Crippen molar-refractivity contribution in [3.63, 3.8) is 0 Å². The zero-order chi connectivity index (χ0) is 12.5. The van der Waals surface area contributed by atoms with E-state index in [-0.39, 0.29) is 3.57 Å². The van der Waals surface area contributed by atoms with Crippen LogP contribution < -0.4 is 0 Å². The molecule has 0 bridgehead atoms. The van der Waals surface area contributed by atoms with Crippen LogP contribution in [0.25, 0.3) is 0 Å². The molecule has 0 aromatic carbocycles. The van der Waals surface area contributed by atoms with Crippen LogP contribution in [-0.4, -0.2) is 13.4 Å². The molecule has 0 atom stereocenters. The van der Waals surface area contributed by atoms with Gasteiger partial charge in [-0.1, -0.05) is 0 Å². The minimum atomic E-state index is -4.17. The molecule has 0 saturated carbocycles. The first kappa shape index (κ1) is 13.5. The molecule has 16 heavy (non-hydrogen) atoms. The van der Waals surface area contributed by atoms with Gasteiger partial charge in [-0.2, -0.15) is 5.26 Å². The Morgan fingerprint density at radius 1 is 1.56 bits per heavy atom. The topological polar surface area (TPSA) is 70.8 Å². The van der Waals surface area contributed by atoms with Crippen LogP contribution in [0.2, 0.25) is 0 Å². The van der Waals surface area contributed by atoms with E-state index in [2.05, 4.69) is 4.98 Å². The minimum absolute atomic E-state index is 0.211. The zero-order valence-electron chi connectivity index (χ0n) is 7.29. The van der Waals surface area contributed by atoms with Crippen molar-refractivity contribution >= 4 is 42.3 Å². The maximum atomic E-state index is 12.4. The number of halogens is 4. The summed E-state index contributed by atoms with van der Waals surface area (Å²) in [6.07, 6.45) is -2.23. The lowest BCUT2D eigenvalue weighted by Gasteiger charge is -2.06. The van der Waals surface area contributed by atoms with Gasteiger partial charge in [0.15, 0.2) is 0 Å². The van der Waals surface area contributed by atoms with E-state index in [1.807, 2.05) is 0 Å². The standard InChI is InChI=1S/C7H2ClF2IN2O2S/c8-16(14,15)4-2-13-6(7(9)10)5(11)3(4)1-12/h2,7H. The Kier molecular flexibility index (Phi) is 4.03. The van der Waals surface area contributed by atoms with Crippen molar-refractivity contribution in [1.82, 2.24) is 4.98 Å².